The highest BCUT2D eigenvalue weighted by atomic mass is 28.4. The third-order valence-electron chi connectivity index (χ3n) is 2.53. The van der Waals surface area contributed by atoms with Gasteiger partial charge in [0.2, 0.25) is 0 Å². The first kappa shape index (κ1) is 16.0. The molecule has 5 nitrogen and oxygen atoms in total. The maximum atomic E-state index is 5.62. The zero-order valence-corrected chi connectivity index (χ0v) is 11.7. The normalized spacial score (nSPS) is 12.4. The Bertz CT molecular complexity index is 166. The molecular weight excluding hydrogens is 224 g/mol. The highest BCUT2D eigenvalue weighted by Crippen LogP contribution is 2.10. The van der Waals surface area contributed by atoms with Crippen LogP contribution in [0.3, 0.4) is 0 Å². The summed E-state index contributed by atoms with van der Waals surface area (Å²) in [6.45, 7) is 2.79. The van der Waals surface area contributed by atoms with E-state index in [1.807, 2.05) is 0 Å². The van der Waals surface area contributed by atoms with Gasteiger partial charge in [-0.1, -0.05) is 32.6 Å². The van der Waals surface area contributed by atoms with Gasteiger partial charge in [0.25, 0.3) is 0 Å². The Balaban J connectivity index is 3.77. The highest BCUT2D eigenvalue weighted by Gasteiger charge is 2.44. The summed E-state index contributed by atoms with van der Waals surface area (Å²) in [5.41, 5.74) is 11.2. The fraction of sp³-hybridized carbons (Fsp3) is 1.00. The molecule has 0 rings (SSSR count). The Kier molecular flexibility index (Phi) is 9.10. The molecule has 98 valence electrons. The Morgan fingerprint density at radius 2 is 1.56 bits per heavy atom. The SMILES string of the molecule is CCCCCCCO[Si](OC)(OC)C(N)N. The van der Waals surface area contributed by atoms with Crippen LogP contribution in [-0.2, 0) is 13.3 Å². The lowest BCUT2D eigenvalue weighted by molar-refractivity contribution is 0.0872. The second-order valence-corrected chi connectivity index (χ2v) is 6.78. The van der Waals surface area contributed by atoms with Gasteiger partial charge < -0.3 is 24.7 Å². The summed E-state index contributed by atoms with van der Waals surface area (Å²) in [5, 5.41) is 0. The topological polar surface area (TPSA) is 79.7 Å². The summed E-state index contributed by atoms with van der Waals surface area (Å²) < 4.78 is 16.1. The van der Waals surface area contributed by atoms with Gasteiger partial charge in [0.1, 0.15) is 5.79 Å². The molecule has 16 heavy (non-hydrogen) atoms. The minimum atomic E-state index is -2.83. The molecular formula is C10H26N2O3Si. The number of rotatable bonds is 10. The minimum absolute atomic E-state index is 0.600. The van der Waals surface area contributed by atoms with Crippen molar-refractivity contribution in [1.82, 2.24) is 0 Å². The second-order valence-electron chi connectivity index (χ2n) is 3.80. The summed E-state index contributed by atoms with van der Waals surface area (Å²) >= 11 is 0. The van der Waals surface area contributed by atoms with Gasteiger partial charge >= 0.3 is 8.80 Å². The third kappa shape index (κ3) is 5.38. The van der Waals surface area contributed by atoms with Gasteiger partial charge in [-0.3, -0.25) is 0 Å². The molecule has 6 heteroatoms. The molecule has 0 amide bonds. The molecule has 0 saturated carbocycles. The Hall–Kier alpha value is 0.0169. The maximum Gasteiger partial charge on any atom is 0.533 e. The van der Waals surface area contributed by atoms with E-state index in [9.17, 15) is 0 Å². The van der Waals surface area contributed by atoms with Crippen LogP contribution in [0.5, 0.6) is 0 Å². The molecule has 0 aliphatic heterocycles. The monoisotopic (exact) mass is 250 g/mol. The summed E-state index contributed by atoms with van der Waals surface area (Å²) in [4.78, 5) is 0. The summed E-state index contributed by atoms with van der Waals surface area (Å²) in [7, 11) is 0.221. The van der Waals surface area contributed by atoms with Gasteiger partial charge in [-0.15, -0.1) is 0 Å². The predicted octanol–water partition coefficient (Wildman–Crippen LogP) is 0.988. The lowest BCUT2D eigenvalue weighted by atomic mass is 10.2. The van der Waals surface area contributed by atoms with E-state index in [0.717, 1.165) is 12.8 Å². The molecule has 0 aliphatic carbocycles. The van der Waals surface area contributed by atoms with Crippen molar-refractivity contribution in [2.45, 2.75) is 44.8 Å². The van der Waals surface area contributed by atoms with Gasteiger partial charge in [-0.25, -0.2) is 0 Å². The van der Waals surface area contributed by atoms with Crippen LogP contribution in [0.15, 0.2) is 0 Å². The molecule has 0 bridgehead atoms. The molecule has 0 fully saturated rings. The van der Waals surface area contributed by atoms with Crippen molar-refractivity contribution in [2.75, 3.05) is 20.8 Å². The van der Waals surface area contributed by atoms with E-state index in [2.05, 4.69) is 6.92 Å². The van der Waals surface area contributed by atoms with Crippen LogP contribution in [0.4, 0.5) is 0 Å². The Labute approximate surface area is 99.8 Å². The van der Waals surface area contributed by atoms with Gasteiger partial charge in [0.15, 0.2) is 0 Å². The van der Waals surface area contributed by atoms with E-state index in [1.54, 1.807) is 0 Å². The van der Waals surface area contributed by atoms with Gasteiger partial charge in [-0.05, 0) is 6.42 Å². The predicted molar refractivity (Wildman–Crippen MR) is 66.6 cm³/mol. The molecule has 0 unspecified atom stereocenters. The van der Waals surface area contributed by atoms with Crippen LogP contribution in [0, 0.1) is 0 Å². The largest absolute Gasteiger partial charge is 0.533 e. The third-order valence-corrected chi connectivity index (χ3v) is 5.09. The average Bonchev–Trinajstić information content (AvgIpc) is 2.28. The van der Waals surface area contributed by atoms with Crippen LogP contribution in [0.2, 0.25) is 0 Å². The Morgan fingerprint density at radius 1 is 1.00 bits per heavy atom. The average molecular weight is 250 g/mol. The van der Waals surface area contributed by atoms with Crippen molar-refractivity contribution in [3.05, 3.63) is 0 Å². The first-order chi connectivity index (χ1) is 7.63. The first-order valence-electron chi connectivity index (χ1n) is 5.88. The molecule has 0 aromatic heterocycles. The highest BCUT2D eigenvalue weighted by molar-refractivity contribution is 6.62. The van der Waals surface area contributed by atoms with Crippen LogP contribution >= 0.6 is 0 Å². The van der Waals surface area contributed by atoms with Crippen molar-refractivity contribution in [3.63, 3.8) is 0 Å². The molecule has 0 heterocycles. The van der Waals surface area contributed by atoms with E-state index in [0.29, 0.717) is 6.61 Å². The lowest BCUT2D eigenvalue weighted by Gasteiger charge is -2.29. The number of hydrogen-bond acceptors (Lipinski definition) is 5. The van der Waals surface area contributed by atoms with Crippen molar-refractivity contribution < 1.29 is 13.3 Å². The van der Waals surface area contributed by atoms with Crippen LogP contribution < -0.4 is 11.5 Å². The standard InChI is InChI=1S/C10H26N2O3Si/c1-4-5-6-7-8-9-15-16(13-2,14-3)10(11)12/h10H,4-9,11-12H2,1-3H3. The van der Waals surface area contributed by atoms with Crippen molar-refractivity contribution >= 4 is 8.80 Å². The van der Waals surface area contributed by atoms with E-state index in [-0.39, 0.29) is 0 Å². The molecule has 0 aromatic rings. The van der Waals surface area contributed by atoms with E-state index >= 15 is 0 Å². The molecule has 0 spiro atoms. The van der Waals surface area contributed by atoms with Crippen LogP contribution in [0.25, 0.3) is 0 Å². The molecule has 4 N–H and O–H groups in total. The number of unbranched alkanes of at least 4 members (excludes halogenated alkanes) is 4. The molecule has 0 saturated heterocycles. The number of nitrogens with two attached hydrogens (primary N) is 2. The molecule has 0 radical (unpaired) electrons. The van der Waals surface area contributed by atoms with Crippen LogP contribution in [0.1, 0.15) is 39.0 Å². The summed E-state index contributed by atoms with van der Waals surface area (Å²) in [5.74, 6) is -0.682. The molecule has 0 aromatic carbocycles. The lowest BCUT2D eigenvalue weighted by Crippen LogP contribution is -2.63. The zero-order valence-electron chi connectivity index (χ0n) is 10.7. The fourth-order valence-corrected chi connectivity index (χ4v) is 3.06. The second kappa shape index (κ2) is 9.09. The van der Waals surface area contributed by atoms with E-state index < -0.39 is 14.6 Å². The van der Waals surface area contributed by atoms with Crippen LogP contribution in [-0.4, -0.2) is 35.4 Å². The van der Waals surface area contributed by atoms with Crippen molar-refractivity contribution in [2.24, 2.45) is 11.5 Å². The van der Waals surface area contributed by atoms with Crippen molar-refractivity contribution in [3.8, 4) is 0 Å². The zero-order chi connectivity index (χ0) is 12.4. The van der Waals surface area contributed by atoms with Gasteiger partial charge in [-0.2, -0.15) is 0 Å². The first-order valence-corrected chi connectivity index (χ1v) is 7.68. The molecule has 0 atom stereocenters. The van der Waals surface area contributed by atoms with Gasteiger partial charge in [0, 0.05) is 20.8 Å². The van der Waals surface area contributed by atoms with E-state index in [1.165, 1.54) is 33.5 Å². The fourth-order valence-electron chi connectivity index (χ4n) is 1.49. The van der Waals surface area contributed by atoms with E-state index in [4.69, 9.17) is 24.7 Å². The molecule has 0 aliphatic rings. The van der Waals surface area contributed by atoms with Gasteiger partial charge in [0.05, 0.1) is 0 Å². The minimum Gasteiger partial charge on any atom is -0.375 e. The summed E-state index contributed by atoms with van der Waals surface area (Å²) in [6.07, 6.45) is 5.90. The smallest absolute Gasteiger partial charge is 0.375 e. The number of hydrogen-bond donors (Lipinski definition) is 2. The van der Waals surface area contributed by atoms with Crippen molar-refractivity contribution in [1.29, 1.82) is 0 Å². The Morgan fingerprint density at radius 3 is 2.00 bits per heavy atom. The quantitative estimate of drug-likeness (QED) is 0.343. The maximum absolute atomic E-state index is 5.62. The summed E-state index contributed by atoms with van der Waals surface area (Å²) in [6, 6.07) is 0.